The summed E-state index contributed by atoms with van der Waals surface area (Å²) in [5.74, 6) is 0. The number of aryl methyl sites for hydroxylation is 2. The summed E-state index contributed by atoms with van der Waals surface area (Å²) in [6.45, 7) is 31.2. The first kappa shape index (κ1) is 51.8. The number of rotatable bonds is 6. The van der Waals surface area contributed by atoms with Crippen molar-refractivity contribution in [3.8, 4) is 22.3 Å². The number of hydrogen-bond donors (Lipinski definition) is 0. The topological polar surface area (TPSA) is 9.72 Å². The summed E-state index contributed by atoms with van der Waals surface area (Å²) in [5.41, 5.74) is 27.4. The van der Waals surface area contributed by atoms with Crippen LogP contribution in [-0.2, 0) is 27.1 Å². The Kier molecular flexibility index (Phi) is 11.6. The van der Waals surface area contributed by atoms with Crippen molar-refractivity contribution in [2.24, 2.45) is 0 Å². The molecule has 9 aromatic carbocycles. The van der Waals surface area contributed by atoms with Crippen molar-refractivity contribution in [2.45, 2.75) is 143 Å². The first-order chi connectivity index (χ1) is 38.6. The first-order valence-electron chi connectivity index (χ1n) is 29.8. The fraction of sp³-hybridized carbons (Fsp3) is 0.289. The van der Waals surface area contributed by atoms with Crippen LogP contribution in [0.25, 0.3) is 42.4 Å². The SMILES string of the molecule is Cc1cc2c3c(c1)N(c1cc4c(cc1C)C(C)(C)CCC4(C)C)c1cc(N(c4ccc(-c5ccccc5)cc4)c4ccc(C(C)(C)C)cc4)ccc1B3N(c1ccc3c(c1)C(C)(C)CCC3(C)C)c1c-2ccc2c1sc1ccccc12. The minimum Gasteiger partial charge on any atom is -0.375 e. The molecule has 1 aromatic heterocycles. The third-order valence-corrected chi connectivity index (χ3v) is 20.9. The van der Waals surface area contributed by atoms with Crippen LogP contribution < -0.4 is 25.5 Å². The molecule has 3 heterocycles. The maximum Gasteiger partial charge on any atom is 0.333 e. The number of nitrogens with zero attached hydrogens (tertiary/aromatic N) is 3. The first-order valence-corrected chi connectivity index (χ1v) is 30.6. The lowest BCUT2D eigenvalue weighted by molar-refractivity contribution is 0.332. The predicted octanol–water partition coefficient (Wildman–Crippen LogP) is 20.5. The van der Waals surface area contributed by atoms with E-state index in [9.17, 15) is 0 Å². The molecular weight excluding hydrogens is 998 g/mol. The van der Waals surface area contributed by atoms with E-state index in [0.717, 1.165) is 29.9 Å². The average molecular weight is 1070 g/mol. The van der Waals surface area contributed by atoms with Crippen molar-refractivity contribution in [1.82, 2.24) is 0 Å². The van der Waals surface area contributed by atoms with E-state index in [1.807, 2.05) is 11.3 Å². The third kappa shape index (κ3) is 8.18. The van der Waals surface area contributed by atoms with Gasteiger partial charge in [-0.15, -0.1) is 11.3 Å². The largest absolute Gasteiger partial charge is 0.375 e. The van der Waals surface area contributed by atoms with Crippen molar-refractivity contribution in [1.29, 1.82) is 0 Å². The second-order valence-corrected chi connectivity index (χ2v) is 29.1. The van der Waals surface area contributed by atoms with E-state index in [4.69, 9.17) is 0 Å². The summed E-state index contributed by atoms with van der Waals surface area (Å²) in [7, 11) is 0. The number of thiophene rings is 1. The zero-order chi connectivity index (χ0) is 56.3. The highest BCUT2D eigenvalue weighted by atomic mass is 32.1. The minimum atomic E-state index is -0.144. The molecule has 2 aliphatic carbocycles. The maximum atomic E-state index is 2.80. The standard InChI is InChI=1S/C76H76BN3S/c1-47-41-59-57-33-34-58-56-21-17-18-22-68(56)81-71(58)70(57)80(55-31-35-60-62(44-55)75(10,11)38-37-73(60,6)7)77-64-36-32-54(78(53-29-25-51(26-30-53)72(3,4)5)52-27-23-50(24-28-52)49-19-15-14-16-20-49)45-66(64)79(67(42-47)69(59)77)65-46-63-61(43-48(65)2)74(8,9)39-40-76(63,12)13/h14-36,41-46H,37-40H2,1-13H3. The smallest absolute Gasteiger partial charge is 0.333 e. The summed E-state index contributed by atoms with van der Waals surface area (Å²) in [6, 6.07) is 68.5. The number of fused-ring (bicyclic) bond motifs is 10. The monoisotopic (exact) mass is 1070 g/mol. The summed E-state index contributed by atoms with van der Waals surface area (Å²) in [6.07, 6.45) is 4.66. The van der Waals surface area contributed by atoms with Crippen LogP contribution in [0.15, 0.2) is 176 Å². The van der Waals surface area contributed by atoms with Crippen LogP contribution in [-0.4, -0.2) is 6.85 Å². The summed E-state index contributed by atoms with van der Waals surface area (Å²) in [5, 5.41) is 2.65. The number of benzene rings is 9. The van der Waals surface area contributed by atoms with Crippen molar-refractivity contribution in [2.75, 3.05) is 14.6 Å². The molecule has 10 aromatic rings. The lowest BCUT2D eigenvalue weighted by atomic mass is 9.43. The summed E-state index contributed by atoms with van der Waals surface area (Å²) < 4.78 is 2.67. The Labute approximate surface area is 486 Å². The van der Waals surface area contributed by atoms with Gasteiger partial charge in [0.05, 0.1) is 10.4 Å². The molecule has 5 heteroatoms. The van der Waals surface area contributed by atoms with Crippen LogP contribution in [0.3, 0.4) is 0 Å². The zero-order valence-corrected chi connectivity index (χ0v) is 50.7. The van der Waals surface area contributed by atoms with Crippen LogP contribution in [0.1, 0.15) is 141 Å². The molecule has 0 spiro atoms. The van der Waals surface area contributed by atoms with Gasteiger partial charge in [-0.2, -0.15) is 0 Å². The molecule has 81 heavy (non-hydrogen) atoms. The molecule has 0 radical (unpaired) electrons. The van der Waals surface area contributed by atoms with Gasteiger partial charge in [0.2, 0.25) is 0 Å². The normalized spacial score (nSPS) is 17.1. The Balaban J connectivity index is 1.08. The van der Waals surface area contributed by atoms with Crippen molar-refractivity contribution in [3.05, 3.63) is 215 Å². The second-order valence-electron chi connectivity index (χ2n) is 28.0. The molecular formula is C76H76BN3S. The van der Waals surface area contributed by atoms with Gasteiger partial charge in [0.1, 0.15) is 0 Å². The van der Waals surface area contributed by atoms with Gasteiger partial charge in [-0.1, -0.05) is 185 Å². The average Bonchev–Trinajstić information content (AvgIpc) is 3.93. The quantitative estimate of drug-likeness (QED) is 0.154. The van der Waals surface area contributed by atoms with E-state index in [0.29, 0.717) is 0 Å². The van der Waals surface area contributed by atoms with Gasteiger partial charge >= 0.3 is 6.85 Å². The molecule has 0 saturated heterocycles. The van der Waals surface area contributed by atoms with Gasteiger partial charge in [-0.25, -0.2) is 0 Å². The molecule has 0 N–H and O–H groups in total. The van der Waals surface area contributed by atoms with Gasteiger partial charge in [0, 0.05) is 60.8 Å². The molecule has 0 atom stereocenters. The van der Waals surface area contributed by atoms with Gasteiger partial charge in [0.15, 0.2) is 0 Å². The van der Waals surface area contributed by atoms with E-state index >= 15 is 0 Å². The van der Waals surface area contributed by atoms with Crippen LogP contribution in [0.2, 0.25) is 0 Å². The summed E-state index contributed by atoms with van der Waals surface area (Å²) in [4.78, 5) is 8.00. The van der Waals surface area contributed by atoms with Crippen molar-refractivity contribution < 1.29 is 0 Å². The zero-order valence-electron chi connectivity index (χ0n) is 49.9. The Bertz CT molecular complexity index is 4190. The Hall–Kier alpha value is -7.34. The van der Waals surface area contributed by atoms with E-state index in [2.05, 4.69) is 281 Å². The molecule has 4 aliphatic rings. The van der Waals surface area contributed by atoms with Crippen molar-refractivity contribution in [3.63, 3.8) is 0 Å². The molecule has 0 bridgehead atoms. The molecule has 3 nitrogen and oxygen atoms in total. The minimum absolute atomic E-state index is 0.0177. The number of hydrogen-bond acceptors (Lipinski definition) is 4. The van der Waals surface area contributed by atoms with Crippen molar-refractivity contribution >= 4 is 94.8 Å². The lowest BCUT2D eigenvalue weighted by Gasteiger charge is -2.48. The molecule has 14 rings (SSSR count). The van der Waals surface area contributed by atoms with E-state index < -0.39 is 0 Å². The van der Waals surface area contributed by atoms with Gasteiger partial charge in [0.25, 0.3) is 0 Å². The van der Waals surface area contributed by atoms with Crippen LogP contribution in [0.5, 0.6) is 0 Å². The summed E-state index contributed by atoms with van der Waals surface area (Å²) >= 11 is 1.95. The molecule has 0 amide bonds. The predicted molar refractivity (Wildman–Crippen MR) is 352 cm³/mol. The Morgan fingerprint density at radius 3 is 1.75 bits per heavy atom. The second kappa shape index (κ2) is 18.1. The van der Waals surface area contributed by atoms with Gasteiger partial charge in [-0.3, -0.25) is 0 Å². The van der Waals surface area contributed by atoms with Crippen LogP contribution in [0, 0.1) is 13.8 Å². The highest BCUT2D eigenvalue weighted by molar-refractivity contribution is 7.26. The van der Waals surface area contributed by atoms with Gasteiger partial charge in [-0.05, 0) is 200 Å². The van der Waals surface area contributed by atoms with Gasteiger partial charge < -0.3 is 14.6 Å². The molecule has 0 saturated carbocycles. The highest BCUT2D eigenvalue weighted by Crippen LogP contribution is 2.56. The Morgan fingerprint density at radius 2 is 1.07 bits per heavy atom. The highest BCUT2D eigenvalue weighted by Gasteiger charge is 2.48. The fourth-order valence-electron chi connectivity index (χ4n) is 14.7. The maximum absolute atomic E-state index is 2.80. The van der Waals surface area contributed by atoms with Crippen LogP contribution >= 0.6 is 11.3 Å². The third-order valence-electron chi connectivity index (χ3n) is 19.7. The fourth-order valence-corrected chi connectivity index (χ4v) is 15.9. The van der Waals surface area contributed by atoms with E-state index in [1.165, 1.54) is 134 Å². The van der Waals surface area contributed by atoms with Crippen LogP contribution in [0.4, 0.5) is 45.5 Å². The van der Waals surface area contributed by atoms with E-state index in [-0.39, 0.29) is 33.9 Å². The van der Waals surface area contributed by atoms with E-state index in [1.54, 1.807) is 0 Å². The molecule has 0 unspecified atom stereocenters. The molecule has 0 fully saturated rings. The lowest BCUT2D eigenvalue weighted by Crippen LogP contribution is -2.61. The molecule has 404 valence electrons. The Morgan fingerprint density at radius 1 is 0.481 bits per heavy atom. The molecule has 2 aliphatic heterocycles. The number of anilines is 8.